The first-order valence-corrected chi connectivity index (χ1v) is 13.7. The Balaban J connectivity index is 1.27. The van der Waals surface area contributed by atoms with Gasteiger partial charge in [-0.05, 0) is 55.0 Å². The number of hydrogen-bond donors (Lipinski definition) is 0. The van der Waals surface area contributed by atoms with Gasteiger partial charge in [-0.15, -0.1) is 0 Å². The number of fused-ring (bicyclic) bond motifs is 1. The number of morpholine rings is 1. The van der Waals surface area contributed by atoms with Crippen molar-refractivity contribution in [2.45, 2.75) is 19.9 Å². The Morgan fingerprint density at radius 2 is 1.72 bits per heavy atom. The van der Waals surface area contributed by atoms with Crippen molar-refractivity contribution in [2.75, 3.05) is 31.2 Å². The number of benzene rings is 2. The molecule has 3 aromatic heterocycles. The number of nitrogens with zero attached hydrogens (tertiary/aromatic N) is 5. The van der Waals surface area contributed by atoms with Crippen LogP contribution >= 0.6 is 0 Å². The Hall–Kier alpha value is -5.10. The third-order valence-electron chi connectivity index (χ3n) is 7.29. The Labute approximate surface area is 243 Å². The van der Waals surface area contributed by atoms with Crippen LogP contribution < -0.4 is 20.9 Å². The van der Waals surface area contributed by atoms with Crippen molar-refractivity contribution in [2.24, 2.45) is 0 Å². The number of hydrogen-bond acceptors (Lipinski definition) is 7. The highest BCUT2D eigenvalue weighted by Crippen LogP contribution is 2.32. The second-order valence-corrected chi connectivity index (χ2v) is 10.0. The van der Waals surface area contributed by atoms with Gasteiger partial charge in [-0.2, -0.15) is 5.10 Å². The number of aryl methyl sites for hydroxylation is 1. The van der Waals surface area contributed by atoms with E-state index in [1.807, 2.05) is 12.3 Å². The van der Waals surface area contributed by atoms with E-state index in [1.54, 1.807) is 29.8 Å². The topological polar surface area (TPSA) is 100 Å². The maximum Gasteiger partial charge on any atom is 0.335 e. The second-order valence-electron chi connectivity index (χ2n) is 10.0. The van der Waals surface area contributed by atoms with Crippen LogP contribution in [-0.4, -0.2) is 50.8 Å². The molecule has 220 valence electrons. The minimum Gasteiger partial charge on any atom is -0.452 e. The number of carbonyl (C=O) groups excluding carboxylic acids is 1. The van der Waals surface area contributed by atoms with Crippen molar-refractivity contribution in [1.29, 1.82) is 0 Å². The summed E-state index contributed by atoms with van der Waals surface area (Å²) in [5.74, 6) is -1.46. The van der Waals surface area contributed by atoms with Gasteiger partial charge in [0.25, 0.3) is 5.56 Å². The fourth-order valence-electron chi connectivity index (χ4n) is 5.03. The predicted octanol–water partition coefficient (Wildman–Crippen LogP) is 4.00. The number of ether oxygens (including phenoxy) is 2. The zero-order chi connectivity index (χ0) is 30.1. The maximum absolute atomic E-state index is 15.3. The number of pyridine rings is 1. The van der Waals surface area contributed by atoms with Crippen molar-refractivity contribution in [3.63, 3.8) is 0 Å². The van der Waals surface area contributed by atoms with Gasteiger partial charge in [0.1, 0.15) is 16.9 Å². The minimum atomic E-state index is -0.836. The zero-order valence-corrected chi connectivity index (χ0v) is 23.2. The lowest BCUT2D eigenvalue weighted by Crippen LogP contribution is -2.41. The monoisotopic (exact) mass is 587 g/mol. The molecule has 0 radical (unpaired) electrons. The van der Waals surface area contributed by atoms with Crippen LogP contribution in [0.25, 0.3) is 11.2 Å². The Bertz CT molecular complexity index is 1940. The summed E-state index contributed by atoms with van der Waals surface area (Å²) in [6.45, 7) is 4.49. The van der Waals surface area contributed by atoms with Gasteiger partial charge in [0.15, 0.2) is 23.1 Å². The van der Waals surface area contributed by atoms with Gasteiger partial charge < -0.3 is 14.4 Å². The first-order valence-electron chi connectivity index (χ1n) is 13.7. The summed E-state index contributed by atoms with van der Waals surface area (Å²) < 4.78 is 43.9. The van der Waals surface area contributed by atoms with Crippen LogP contribution in [-0.2, 0) is 17.7 Å². The van der Waals surface area contributed by atoms with Crippen molar-refractivity contribution in [3.8, 4) is 17.2 Å². The summed E-state index contributed by atoms with van der Waals surface area (Å²) in [6.07, 6.45) is 4.42. The molecule has 0 saturated carbocycles. The molecule has 6 rings (SSSR count). The Morgan fingerprint density at radius 1 is 0.953 bits per heavy atom. The van der Waals surface area contributed by atoms with Gasteiger partial charge in [0.05, 0.1) is 37.0 Å². The first-order chi connectivity index (χ1) is 20.8. The summed E-state index contributed by atoms with van der Waals surface area (Å²) in [5.41, 5.74) is 0.217. The molecule has 1 fully saturated rings. The molecule has 12 heteroatoms. The average Bonchev–Trinajstić information content (AvgIpc) is 3.49. The summed E-state index contributed by atoms with van der Waals surface area (Å²) >= 11 is 0. The number of anilines is 1. The molecular formula is C31H27F2N5O5. The van der Waals surface area contributed by atoms with E-state index in [2.05, 4.69) is 10.00 Å². The number of Topliss-reactive ketones (excluding diaryl/α,β-unsaturated/α-hetero) is 1. The van der Waals surface area contributed by atoms with Crippen molar-refractivity contribution in [3.05, 3.63) is 117 Å². The number of aromatic nitrogens is 4. The molecule has 1 saturated heterocycles. The molecule has 0 N–H and O–H groups in total. The fraction of sp³-hybridized carbons (Fsp3) is 0.226. The van der Waals surface area contributed by atoms with Gasteiger partial charge in [0, 0.05) is 38.3 Å². The SMILES string of the molecule is CCn1cc(C(=O)Cc2ccc(Oc3cc(N4CCOCC4)cn4nccc34)c(F)c2)c(=O)n(-c2ccc(F)cc2)c1=O. The molecule has 0 amide bonds. The summed E-state index contributed by atoms with van der Waals surface area (Å²) in [6, 6.07) is 12.6. The molecule has 2 aromatic carbocycles. The molecule has 1 aliphatic heterocycles. The van der Waals surface area contributed by atoms with E-state index in [0.29, 0.717) is 43.1 Å². The van der Waals surface area contributed by atoms with E-state index in [9.17, 15) is 18.8 Å². The van der Waals surface area contributed by atoms with E-state index in [0.717, 1.165) is 22.4 Å². The van der Waals surface area contributed by atoms with E-state index in [-0.39, 0.29) is 30.0 Å². The predicted molar refractivity (Wildman–Crippen MR) is 155 cm³/mol. The standard InChI is InChI=1S/C31H27F2N5O5/c1-2-35-19-24(30(40)38(31(35)41)22-6-4-21(32)5-7-22)27(39)16-20-3-8-28(25(33)15-20)43-29-17-23(36-11-13-42-14-12-36)18-37-26(29)9-10-34-37/h3-10,15,17-19H,2,11-14,16H2,1H3. The van der Waals surface area contributed by atoms with E-state index < -0.39 is 28.7 Å². The number of ketones is 1. The van der Waals surface area contributed by atoms with E-state index in [4.69, 9.17) is 9.47 Å². The molecule has 0 spiro atoms. The van der Waals surface area contributed by atoms with Gasteiger partial charge in [0.2, 0.25) is 0 Å². The maximum atomic E-state index is 15.3. The molecule has 0 aliphatic carbocycles. The second kappa shape index (κ2) is 11.6. The van der Waals surface area contributed by atoms with Crippen LogP contribution in [0.3, 0.4) is 0 Å². The molecule has 0 atom stereocenters. The first kappa shape index (κ1) is 28.0. The van der Waals surface area contributed by atoms with Gasteiger partial charge >= 0.3 is 5.69 Å². The van der Waals surface area contributed by atoms with Crippen LogP contribution in [0.1, 0.15) is 22.8 Å². The molecule has 0 bridgehead atoms. The van der Waals surface area contributed by atoms with E-state index in [1.165, 1.54) is 35.0 Å². The average molecular weight is 588 g/mol. The summed E-state index contributed by atoms with van der Waals surface area (Å²) in [4.78, 5) is 41.6. The molecule has 5 aromatic rings. The highest BCUT2D eigenvalue weighted by atomic mass is 19.1. The molecule has 0 unspecified atom stereocenters. The highest BCUT2D eigenvalue weighted by Gasteiger charge is 2.20. The van der Waals surface area contributed by atoms with Gasteiger partial charge in [-0.1, -0.05) is 6.07 Å². The van der Waals surface area contributed by atoms with Crippen LogP contribution in [0, 0.1) is 11.6 Å². The smallest absolute Gasteiger partial charge is 0.335 e. The van der Waals surface area contributed by atoms with Crippen molar-refractivity contribution in [1.82, 2.24) is 18.7 Å². The normalized spacial score (nSPS) is 13.4. The molecular weight excluding hydrogens is 560 g/mol. The molecule has 4 heterocycles. The molecule has 1 aliphatic rings. The lowest BCUT2D eigenvalue weighted by Gasteiger charge is -2.29. The van der Waals surface area contributed by atoms with Crippen LogP contribution in [0.2, 0.25) is 0 Å². The Morgan fingerprint density at radius 3 is 2.44 bits per heavy atom. The van der Waals surface area contributed by atoms with Crippen LogP contribution in [0.4, 0.5) is 14.5 Å². The number of rotatable bonds is 8. The van der Waals surface area contributed by atoms with Crippen molar-refractivity contribution < 1.29 is 23.0 Å². The lowest BCUT2D eigenvalue weighted by molar-refractivity contribution is 0.0990. The van der Waals surface area contributed by atoms with Crippen molar-refractivity contribution >= 4 is 17.0 Å². The summed E-state index contributed by atoms with van der Waals surface area (Å²) in [5, 5.41) is 4.31. The third-order valence-corrected chi connectivity index (χ3v) is 7.29. The quantitative estimate of drug-likeness (QED) is 0.253. The van der Waals surface area contributed by atoms with Gasteiger partial charge in [-0.25, -0.2) is 22.7 Å². The molecule has 43 heavy (non-hydrogen) atoms. The largest absolute Gasteiger partial charge is 0.452 e. The Kier molecular flexibility index (Phi) is 7.59. The third kappa shape index (κ3) is 5.56. The van der Waals surface area contributed by atoms with Gasteiger partial charge in [-0.3, -0.25) is 14.2 Å². The number of halogens is 2. The lowest BCUT2D eigenvalue weighted by atomic mass is 10.0. The van der Waals surface area contributed by atoms with E-state index >= 15 is 4.39 Å². The fourth-order valence-corrected chi connectivity index (χ4v) is 5.03. The summed E-state index contributed by atoms with van der Waals surface area (Å²) in [7, 11) is 0. The van der Waals surface area contributed by atoms with Crippen LogP contribution in [0.15, 0.2) is 82.8 Å². The zero-order valence-electron chi connectivity index (χ0n) is 23.2. The minimum absolute atomic E-state index is 0.0448. The number of carbonyl (C=O) groups is 1. The molecule has 10 nitrogen and oxygen atoms in total. The highest BCUT2D eigenvalue weighted by molar-refractivity contribution is 5.97. The van der Waals surface area contributed by atoms with Crippen LogP contribution in [0.5, 0.6) is 11.5 Å².